The van der Waals surface area contributed by atoms with Crippen molar-refractivity contribution >= 4 is 57.9 Å². The molecule has 1 N–H and O–H groups in total. The van der Waals surface area contributed by atoms with E-state index in [4.69, 9.17) is 39.5 Å². The van der Waals surface area contributed by atoms with Crippen molar-refractivity contribution in [3.8, 4) is 5.75 Å². The van der Waals surface area contributed by atoms with E-state index >= 15 is 0 Å². The van der Waals surface area contributed by atoms with Crippen LogP contribution in [-0.4, -0.2) is 24.5 Å². The van der Waals surface area contributed by atoms with Crippen LogP contribution >= 0.6 is 34.8 Å². The van der Waals surface area contributed by atoms with Crippen LogP contribution in [0.1, 0.15) is 110 Å². The molecular formula is C31H43Cl3N2O3. The molecule has 39 heavy (non-hydrogen) atoms. The molecule has 0 saturated heterocycles. The first kappa shape index (κ1) is 33.4. The van der Waals surface area contributed by atoms with E-state index in [1.807, 2.05) is 6.92 Å². The summed E-state index contributed by atoms with van der Waals surface area (Å²) in [7, 11) is 1.48. The van der Waals surface area contributed by atoms with E-state index in [0.29, 0.717) is 45.6 Å². The van der Waals surface area contributed by atoms with Crippen LogP contribution < -0.4 is 10.1 Å². The molecular weight excluding hydrogens is 555 g/mol. The Hall–Kier alpha value is -1.82. The maximum atomic E-state index is 12.8. The molecule has 0 aromatic heterocycles. The van der Waals surface area contributed by atoms with Crippen LogP contribution in [0.3, 0.4) is 0 Å². The minimum Gasteiger partial charge on any atom is -0.494 e. The van der Waals surface area contributed by atoms with Crippen LogP contribution in [0, 0.1) is 0 Å². The number of amides is 1. The van der Waals surface area contributed by atoms with Crippen LogP contribution in [-0.2, 0) is 9.59 Å². The topological polar surface area (TPSA) is 67.8 Å². The number of ether oxygens (including phenoxy) is 1. The smallest absolute Gasteiger partial charge is 0.224 e. The zero-order valence-electron chi connectivity index (χ0n) is 23.6. The number of ketones is 1. The monoisotopic (exact) mass is 596 g/mol. The number of benzene rings is 1. The molecule has 8 heteroatoms. The van der Waals surface area contributed by atoms with Crippen molar-refractivity contribution in [2.75, 3.05) is 7.11 Å². The van der Waals surface area contributed by atoms with Crippen molar-refractivity contribution < 1.29 is 14.3 Å². The highest BCUT2D eigenvalue weighted by atomic mass is 35.5. The summed E-state index contributed by atoms with van der Waals surface area (Å²) in [5.41, 5.74) is 1.69. The minimum absolute atomic E-state index is 0.0562. The summed E-state index contributed by atoms with van der Waals surface area (Å²) in [6, 6.07) is 3.25. The van der Waals surface area contributed by atoms with E-state index in [2.05, 4.69) is 17.2 Å². The average molecular weight is 598 g/mol. The van der Waals surface area contributed by atoms with Gasteiger partial charge < -0.3 is 10.1 Å². The highest BCUT2D eigenvalue weighted by molar-refractivity contribution is 6.49. The van der Waals surface area contributed by atoms with Gasteiger partial charge in [-0.1, -0.05) is 126 Å². The summed E-state index contributed by atoms with van der Waals surface area (Å²) in [4.78, 5) is 30.0. The van der Waals surface area contributed by atoms with Crippen LogP contribution in [0.15, 0.2) is 39.5 Å². The fraction of sp³-hybridized carbons (Fsp3) is 0.581. The van der Waals surface area contributed by atoms with E-state index < -0.39 is 5.78 Å². The third kappa shape index (κ3) is 11.3. The number of methoxy groups -OCH3 is 1. The standard InChI is InChI=1S/C31H43Cl3N2O3/c1-4-6-7-8-9-10-11-12-13-14-15-16-17-18-28(37)36-27-21-26(23(5-2)29(34)30(27)38)35-22-19-24(32)31(39-3)25(33)20-22/h19-21H,4-18H2,1-3H3,(H,36,37). The predicted molar refractivity (Wildman–Crippen MR) is 165 cm³/mol. The lowest BCUT2D eigenvalue weighted by molar-refractivity contribution is -0.122. The molecule has 1 aliphatic rings. The minimum atomic E-state index is -0.406. The fourth-order valence-electron chi connectivity index (χ4n) is 4.65. The molecule has 0 fully saturated rings. The van der Waals surface area contributed by atoms with Gasteiger partial charge in [-0.15, -0.1) is 0 Å². The zero-order valence-corrected chi connectivity index (χ0v) is 25.9. The highest BCUT2D eigenvalue weighted by Crippen LogP contribution is 2.37. The van der Waals surface area contributed by atoms with Gasteiger partial charge in [0.2, 0.25) is 11.7 Å². The van der Waals surface area contributed by atoms with Crippen molar-refractivity contribution in [1.29, 1.82) is 0 Å². The number of rotatable bonds is 18. The van der Waals surface area contributed by atoms with Gasteiger partial charge in [0.25, 0.3) is 0 Å². The Morgan fingerprint density at radius 3 is 1.85 bits per heavy atom. The first-order valence-electron chi connectivity index (χ1n) is 14.4. The summed E-state index contributed by atoms with van der Waals surface area (Å²) < 4.78 is 5.20. The molecule has 5 nitrogen and oxygen atoms in total. The van der Waals surface area contributed by atoms with Gasteiger partial charge in [0.05, 0.1) is 39.3 Å². The Morgan fingerprint density at radius 2 is 1.36 bits per heavy atom. The number of unbranched alkanes of at least 4 members (excludes halogenated alkanes) is 12. The number of halogens is 3. The molecule has 0 spiro atoms. The number of hydrogen-bond donors (Lipinski definition) is 1. The van der Waals surface area contributed by atoms with Gasteiger partial charge in [0.1, 0.15) is 0 Å². The van der Waals surface area contributed by atoms with Gasteiger partial charge in [-0.2, -0.15) is 0 Å². The Balaban J connectivity index is 1.83. The predicted octanol–water partition coefficient (Wildman–Crippen LogP) is 10.0. The van der Waals surface area contributed by atoms with Crippen molar-refractivity contribution in [1.82, 2.24) is 5.32 Å². The average Bonchev–Trinajstić information content (AvgIpc) is 2.90. The number of aliphatic imine (C=N–C) groups is 1. The van der Waals surface area contributed by atoms with Gasteiger partial charge in [0.15, 0.2) is 5.75 Å². The Morgan fingerprint density at radius 1 is 0.846 bits per heavy atom. The molecule has 1 amide bonds. The largest absolute Gasteiger partial charge is 0.494 e. The van der Waals surface area contributed by atoms with Crippen molar-refractivity contribution in [2.45, 2.75) is 110 Å². The molecule has 1 aromatic rings. The summed E-state index contributed by atoms with van der Waals surface area (Å²) >= 11 is 18.9. The summed E-state index contributed by atoms with van der Waals surface area (Å²) in [6.45, 7) is 4.14. The van der Waals surface area contributed by atoms with Crippen LogP contribution in [0.4, 0.5) is 5.69 Å². The lowest BCUT2D eigenvalue weighted by Crippen LogP contribution is -2.31. The molecule has 216 valence electrons. The Labute approximate surface area is 249 Å². The summed E-state index contributed by atoms with van der Waals surface area (Å²) in [5, 5.41) is 3.44. The SMILES string of the molecule is CCCCCCCCCCCCCCCC(=O)NC1=CC(=Nc2cc(Cl)c(OC)c(Cl)c2)C(CC)=C(Cl)C1=O. The van der Waals surface area contributed by atoms with Gasteiger partial charge in [-0.05, 0) is 31.1 Å². The first-order valence-corrected chi connectivity index (χ1v) is 15.5. The lowest BCUT2D eigenvalue weighted by atomic mass is 9.97. The van der Waals surface area contributed by atoms with Crippen molar-refractivity contribution in [2.24, 2.45) is 4.99 Å². The lowest BCUT2D eigenvalue weighted by Gasteiger charge is -2.18. The molecule has 0 radical (unpaired) electrons. The number of nitrogens with zero attached hydrogens (tertiary/aromatic N) is 1. The van der Waals surface area contributed by atoms with E-state index in [9.17, 15) is 9.59 Å². The number of allylic oxidation sites excluding steroid dienone is 3. The van der Waals surface area contributed by atoms with Gasteiger partial charge >= 0.3 is 0 Å². The second-order valence-electron chi connectivity index (χ2n) is 10.0. The third-order valence-corrected chi connectivity index (χ3v) is 7.83. The molecule has 1 aromatic carbocycles. The number of carbonyl (C=O) groups is 2. The molecule has 1 aliphatic carbocycles. The molecule has 0 heterocycles. The van der Waals surface area contributed by atoms with E-state index in [1.54, 1.807) is 18.2 Å². The normalized spacial score (nSPS) is 14.7. The maximum Gasteiger partial charge on any atom is 0.224 e. The zero-order chi connectivity index (χ0) is 28.6. The van der Waals surface area contributed by atoms with Gasteiger partial charge in [-0.25, -0.2) is 4.99 Å². The van der Waals surface area contributed by atoms with Crippen LogP contribution in [0.5, 0.6) is 5.75 Å². The Bertz CT molecular complexity index is 1040. The number of Topliss-reactive ketones (excluding diaryl/α,β-unsaturated/α-hetero) is 1. The maximum absolute atomic E-state index is 12.8. The molecule has 0 saturated carbocycles. The third-order valence-electron chi connectivity index (χ3n) is 6.87. The first-order chi connectivity index (χ1) is 18.8. The quantitative estimate of drug-likeness (QED) is 0.135. The fourth-order valence-corrected chi connectivity index (χ4v) is 5.61. The highest BCUT2D eigenvalue weighted by Gasteiger charge is 2.26. The van der Waals surface area contributed by atoms with E-state index in [-0.39, 0.29) is 16.6 Å². The summed E-state index contributed by atoms with van der Waals surface area (Å²) in [6.07, 6.45) is 18.6. The summed E-state index contributed by atoms with van der Waals surface area (Å²) in [5.74, 6) is -0.240. The Kier molecular flexibility index (Phi) is 15.8. The van der Waals surface area contributed by atoms with E-state index in [0.717, 1.165) is 19.3 Å². The van der Waals surface area contributed by atoms with Crippen LogP contribution in [0.25, 0.3) is 0 Å². The molecule has 0 unspecified atom stereocenters. The van der Waals surface area contributed by atoms with Gasteiger partial charge in [0, 0.05) is 12.0 Å². The second kappa shape index (κ2) is 18.5. The van der Waals surface area contributed by atoms with Crippen molar-refractivity contribution in [3.05, 3.63) is 44.6 Å². The second-order valence-corrected chi connectivity index (χ2v) is 11.2. The molecule has 0 aliphatic heterocycles. The van der Waals surface area contributed by atoms with E-state index in [1.165, 1.54) is 71.3 Å². The molecule has 0 atom stereocenters. The number of nitrogens with one attached hydrogen (secondary N) is 1. The number of carbonyl (C=O) groups excluding carboxylic acids is 2. The van der Waals surface area contributed by atoms with Gasteiger partial charge in [-0.3, -0.25) is 9.59 Å². The molecule has 0 bridgehead atoms. The van der Waals surface area contributed by atoms with Crippen molar-refractivity contribution in [3.63, 3.8) is 0 Å². The molecule has 2 rings (SSSR count). The number of hydrogen-bond acceptors (Lipinski definition) is 4. The van der Waals surface area contributed by atoms with Crippen LogP contribution in [0.2, 0.25) is 10.0 Å².